The molecule has 3 aromatic carbocycles. The molecule has 1 amide bonds. The molecule has 2 heterocycles. The average molecular weight is 439 g/mol. The monoisotopic (exact) mass is 439 g/mol. The van der Waals surface area contributed by atoms with Crippen molar-refractivity contribution >= 4 is 28.3 Å². The summed E-state index contributed by atoms with van der Waals surface area (Å²) in [6.07, 6.45) is 0.917. The third-order valence-electron chi connectivity index (χ3n) is 5.27. The predicted molar refractivity (Wildman–Crippen MR) is 126 cm³/mol. The third-order valence-corrected chi connectivity index (χ3v) is 5.27. The van der Waals surface area contributed by atoms with Crippen LogP contribution in [0.4, 0.5) is 5.69 Å². The van der Waals surface area contributed by atoms with Gasteiger partial charge in [0.2, 0.25) is 11.6 Å². The van der Waals surface area contributed by atoms with Crippen LogP contribution in [-0.2, 0) is 17.8 Å². The van der Waals surface area contributed by atoms with Crippen molar-refractivity contribution in [2.45, 2.75) is 19.9 Å². The van der Waals surface area contributed by atoms with Crippen LogP contribution in [-0.4, -0.2) is 25.1 Å². The number of aromatic nitrogens is 4. The van der Waals surface area contributed by atoms with Crippen LogP contribution < -0.4 is 15.7 Å². The quantitative estimate of drug-likeness (QED) is 0.431. The summed E-state index contributed by atoms with van der Waals surface area (Å²) in [5.41, 5.74) is 2.79. The summed E-state index contributed by atoms with van der Waals surface area (Å²) in [5.74, 6) is 0.399. The molecule has 8 heteroatoms. The Bertz CT molecular complexity index is 1500. The van der Waals surface area contributed by atoms with E-state index in [1.54, 1.807) is 24.3 Å². The van der Waals surface area contributed by atoms with Crippen molar-refractivity contribution in [3.05, 3.63) is 94.9 Å². The van der Waals surface area contributed by atoms with Crippen LogP contribution in [0.3, 0.4) is 0 Å². The normalized spacial score (nSPS) is 11.1. The zero-order valence-electron chi connectivity index (χ0n) is 17.9. The standard InChI is InChI=1S/C25H21N5O3/c1-2-17-12-14-18(15-13-17)26-22(31)16-29-25(32)30-21-11-7-6-10-20(21)27-24(23(30)28-29)33-19-8-4-3-5-9-19/h3-15H,2,16H2,1H3,(H,26,31). The zero-order chi connectivity index (χ0) is 22.8. The molecule has 33 heavy (non-hydrogen) atoms. The van der Waals surface area contributed by atoms with E-state index in [9.17, 15) is 9.59 Å². The Balaban J connectivity index is 1.52. The van der Waals surface area contributed by atoms with Gasteiger partial charge in [-0.25, -0.2) is 18.9 Å². The van der Waals surface area contributed by atoms with E-state index in [1.165, 1.54) is 9.96 Å². The van der Waals surface area contributed by atoms with Crippen molar-refractivity contribution in [3.63, 3.8) is 0 Å². The van der Waals surface area contributed by atoms with Gasteiger partial charge < -0.3 is 10.1 Å². The van der Waals surface area contributed by atoms with Crippen molar-refractivity contribution in [2.24, 2.45) is 0 Å². The Kier molecular flexibility index (Phi) is 5.32. The Morgan fingerprint density at radius 3 is 2.45 bits per heavy atom. The van der Waals surface area contributed by atoms with E-state index in [0.717, 1.165) is 11.1 Å². The van der Waals surface area contributed by atoms with E-state index in [4.69, 9.17) is 4.74 Å². The summed E-state index contributed by atoms with van der Waals surface area (Å²) in [5, 5.41) is 7.20. The molecular weight excluding hydrogens is 418 g/mol. The number of hydrogen-bond donors (Lipinski definition) is 1. The molecule has 0 saturated heterocycles. The van der Waals surface area contributed by atoms with Crippen LogP contribution in [0.25, 0.3) is 16.7 Å². The fourth-order valence-electron chi connectivity index (χ4n) is 3.60. The van der Waals surface area contributed by atoms with Gasteiger partial charge in [-0.2, -0.15) is 0 Å². The summed E-state index contributed by atoms with van der Waals surface area (Å²) in [4.78, 5) is 30.4. The number of rotatable bonds is 6. The van der Waals surface area contributed by atoms with Crippen LogP contribution in [0.2, 0.25) is 0 Å². The number of hydrogen-bond acceptors (Lipinski definition) is 5. The Labute approximate surface area is 189 Å². The van der Waals surface area contributed by atoms with E-state index in [-0.39, 0.29) is 24.0 Å². The second-order valence-corrected chi connectivity index (χ2v) is 7.52. The first kappa shape index (κ1) is 20.4. The highest BCUT2D eigenvalue weighted by Gasteiger charge is 2.19. The van der Waals surface area contributed by atoms with Crippen molar-refractivity contribution in [3.8, 4) is 11.6 Å². The van der Waals surface area contributed by atoms with Gasteiger partial charge in [-0.05, 0) is 48.4 Å². The topological polar surface area (TPSA) is 90.5 Å². The highest BCUT2D eigenvalue weighted by molar-refractivity contribution is 5.90. The second kappa shape index (κ2) is 8.58. The molecule has 0 radical (unpaired) electrons. The van der Waals surface area contributed by atoms with Gasteiger partial charge in [0.15, 0.2) is 0 Å². The van der Waals surface area contributed by atoms with Crippen molar-refractivity contribution in [1.29, 1.82) is 0 Å². The number of ether oxygens (including phenoxy) is 1. The van der Waals surface area contributed by atoms with E-state index in [0.29, 0.717) is 22.5 Å². The molecular formula is C25H21N5O3. The highest BCUT2D eigenvalue weighted by Crippen LogP contribution is 2.25. The van der Waals surface area contributed by atoms with Crippen LogP contribution in [0.15, 0.2) is 83.7 Å². The molecule has 0 aliphatic rings. The Hall–Kier alpha value is -4.46. The van der Waals surface area contributed by atoms with Gasteiger partial charge in [-0.3, -0.25) is 4.79 Å². The van der Waals surface area contributed by atoms with Gasteiger partial charge >= 0.3 is 5.69 Å². The van der Waals surface area contributed by atoms with E-state index >= 15 is 0 Å². The SMILES string of the molecule is CCc1ccc(NC(=O)Cn2nc3c(Oc4ccccc4)nc4ccccc4n3c2=O)cc1. The average Bonchev–Trinajstić information content (AvgIpc) is 3.16. The van der Waals surface area contributed by atoms with E-state index in [1.807, 2.05) is 54.6 Å². The molecule has 0 aliphatic carbocycles. The molecule has 0 spiro atoms. The largest absolute Gasteiger partial charge is 0.436 e. The van der Waals surface area contributed by atoms with Gasteiger partial charge in [0.1, 0.15) is 12.3 Å². The van der Waals surface area contributed by atoms with Crippen LogP contribution in [0.1, 0.15) is 12.5 Å². The maximum atomic E-state index is 13.2. The second-order valence-electron chi connectivity index (χ2n) is 7.52. The number of fused-ring (bicyclic) bond motifs is 3. The van der Waals surface area contributed by atoms with Crippen LogP contribution in [0, 0.1) is 0 Å². The lowest BCUT2D eigenvalue weighted by molar-refractivity contribution is -0.117. The van der Waals surface area contributed by atoms with Crippen LogP contribution >= 0.6 is 0 Å². The Morgan fingerprint density at radius 1 is 0.970 bits per heavy atom. The summed E-state index contributed by atoms with van der Waals surface area (Å²) in [6, 6.07) is 24.0. The first-order valence-corrected chi connectivity index (χ1v) is 10.6. The number of nitrogens with one attached hydrogen (secondary N) is 1. The highest BCUT2D eigenvalue weighted by atomic mass is 16.5. The lowest BCUT2D eigenvalue weighted by Crippen LogP contribution is -2.28. The summed E-state index contributed by atoms with van der Waals surface area (Å²) >= 11 is 0. The lowest BCUT2D eigenvalue weighted by atomic mass is 10.1. The smallest absolute Gasteiger partial charge is 0.351 e. The number of aryl methyl sites for hydroxylation is 1. The summed E-state index contributed by atoms with van der Waals surface area (Å²) in [7, 11) is 0. The maximum Gasteiger partial charge on any atom is 0.351 e. The van der Waals surface area contributed by atoms with Gasteiger partial charge in [0.25, 0.3) is 5.88 Å². The molecule has 0 saturated carbocycles. The van der Waals surface area contributed by atoms with E-state index < -0.39 is 5.69 Å². The summed E-state index contributed by atoms with van der Waals surface area (Å²) < 4.78 is 8.49. The molecule has 5 rings (SSSR count). The molecule has 0 atom stereocenters. The first-order chi connectivity index (χ1) is 16.1. The minimum atomic E-state index is -0.446. The lowest BCUT2D eigenvalue weighted by Gasteiger charge is -2.07. The number of amides is 1. The molecule has 5 aromatic rings. The van der Waals surface area contributed by atoms with Gasteiger partial charge in [-0.15, -0.1) is 5.10 Å². The molecule has 2 aromatic heterocycles. The molecule has 0 bridgehead atoms. The van der Waals surface area contributed by atoms with Gasteiger partial charge in [0.05, 0.1) is 11.0 Å². The number of carbonyl (C=O) groups is 1. The number of nitrogens with zero attached hydrogens (tertiary/aromatic N) is 4. The number of carbonyl (C=O) groups excluding carboxylic acids is 1. The number of anilines is 1. The molecule has 0 aliphatic heterocycles. The van der Waals surface area contributed by atoms with E-state index in [2.05, 4.69) is 22.3 Å². The number of benzene rings is 3. The fraction of sp³-hybridized carbons (Fsp3) is 0.120. The van der Waals surface area contributed by atoms with Gasteiger partial charge in [-0.1, -0.05) is 49.4 Å². The maximum absolute atomic E-state index is 13.2. The molecule has 0 fully saturated rings. The first-order valence-electron chi connectivity index (χ1n) is 10.6. The molecule has 8 nitrogen and oxygen atoms in total. The molecule has 164 valence electrons. The minimum absolute atomic E-state index is 0.186. The molecule has 1 N–H and O–H groups in total. The Morgan fingerprint density at radius 2 is 1.70 bits per heavy atom. The number of para-hydroxylation sites is 3. The fourth-order valence-corrected chi connectivity index (χ4v) is 3.60. The van der Waals surface area contributed by atoms with Crippen molar-refractivity contribution in [2.75, 3.05) is 5.32 Å². The zero-order valence-corrected chi connectivity index (χ0v) is 17.9. The third kappa shape index (κ3) is 4.06. The van der Waals surface area contributed by atoms with Gasteiger partial charge in [0, 0.05) is 5.69 Å². The minimum Gasteiger partial charge on any atom is -0.436 e. The predicted octanol–water partition coefficient (Wildman–Crippen LogP) is 4.04. The molecule has 0 unspecified atom stereocenters. The van der Waals surface area contributed by atoms with Crippen molar-refractivity contribution < 1.29 is 9.53 Å². The summed E-state index contributed by atoms with van der Waals surface area (Å²) in [6.45, 7) is 1.83. The van der Waals surface area contributed by atoms with Crippen LogP contribution in [0.5, 0.6) is 11.6 Å². The van der Waals surface area contributed by atoms with Crippen molar-refractivity contribution in [1.82, 2.24) is 19.2 Å².